The van der Waals surface area contributed by atoms with E-state index in [2.05, 4.69) is 15.6 Å². The summed E-state index contributed by atoms with van der Waals surface area (Å²) in [5.41, 5.74) is 1.06. The smallest absolute Gasteiger partial charge is 0.273 e. The van der Waals surface area contributed by atoms with Gasteiger partial charge in [0.2, 0.25) is 0 Å². The average Bonchev–Trinajstić information content (AvgIpc) is 2.88. The molecule has 1 aromatic carbocycles. The zero-order valence-corrected chi connectivity index (χ0v) is 11.6. The Kier molecular flexibility index (Phi) is 4.16. The quantitative estimate of drug-likeness (QED) is 0.934. The Balaban J connectivity index is 2.17. The van der Waals surface area contributed by atoms with Gasteiger partial charge in [-0.1, -0.05) is 29.8 Å². The van der Waals surface area contributed by atoms with E-state index in [4.69, 9.17) is 11.6 Å². The number of carbonyl (C=O) groups excluding carboxylic acids is 1. The molecule has 1 heterocycles. The summed E-state index contributed by atoms with van der Waals surface area (Å²) < 4.78 is 1.53. The molecule has 19 heavy (non-hydrogen) atoms. The molecule has 2 rings (SSSR count). The third-order valence-electron chi connectivity index (χ3n) is 2.79. The third-order valence-corrected chi connectivity index (χ3v) is 3.02. The molecule has 6 heteroatoms. The second-order valence-electron chi connectivity index (χ2n) is 4.31. The molecule has 1 unspecified atom stereocenters. The number of halogens is 1. The SMILES string of the molecule is CCC(C)NC(=O)c1cn(-c2cccc(Cl)c2)nn1. The minimum absolute atomic E-state index is 0.115. The van der Waals surface area contributed by atoms with Gasteiger partial charge in [-0.25, -0.2) is 4.68 Å². The van der Waals surface area contributed by atoms with Crippen molar-refractivity contribution in [1.82, 2.24) is 20.3 Å². The summed E-state index contributed by atoms with van der Waals surface area (Å²) in [7, 11) is 0. The van der Waals surface area contributed by atoms with E-state index in [-0.39, 0.29) is 11.9 Å². The first-order valence-electron chi connectivity index (χ1n) is 6.09. The van der Waals surface area contributed by atoms with Crippen molar-refractivity contribution in [3.8, 4) is 5.69 Å². The van der Waals surface area contributed by atoms with Gasteiger partial charge in [0.1, 0.15) is 0 Å². The van der Waals surface area contributed by atoms with Gasteiger partial charge in [0.15, 0.2) is 5.69 Å². The summed E-state index contributed by atoms with van der Waals surface area (Å²) in [5.74, 6) is -0.220. The maximum atomic E-state index is 11.9. The van der Waals surface area contributed by atoms with Gasteiger partial charge in [-0.05, 0) is 31.5 Å². The lowest BCUT2D eigenvalue weighted by Gasteiger charge is -2.08. The fourth-order valence-electron chi connectivity index (χ4n) is 1.51. The molecule has 0 fully saturated rings. The molecule has 100 valence electrons. The Morgan fingerprint density at radius 1 is 1.53 bits per heavy atom. The molecule has 0 aliphatic rings. The second kappa shape index (κ2) is 5.84. The van der Waals surface area contributed by atoms with Crippen LogP contribution in [0, 0.1) is 0 Å². The van der Waals surface area contributed by atoms with Crippen LogP contribution < -0.4 is 5.32 Å². The van der Waals surface area contributed by atoms with Crippen LogP contribution in [0.4, 0.5) is 0 Å². The molecule has 0 saturated heterocycles. The molecule has 0 bridgehead atoms. The Morgan fingerprint density at radius 2 is 2.32 bits per heavy atom. The number of nitrogens with one attached hydrogen (secondary N) is 1. The molecule has 0 radical (unpaired) electrons. The first kappa shape index (κ1) is 13.5. The van der Waals surface area contributed by atoms with Gasteiger partial charge in [0.25, 0.3) is 5.91 Å². The third kappa shape index (κ3) is 3.32. The lowest BCUT2D eigenvalue weighted by Crippen LogP contribution is -2.32. The maximum absolute atomic E-state index is 11.9. The number of carbonyl (C=O) groups is 1. The minimum Gasteiger partial charge on any atom is -0.348 e. The zero-order valence-electron chi connectivity index (χ0n) is 10.8. The summed E-state index contributed by atoms with van der Waals surface area (Å²) in [6.45, 7) is 3.95. The van der Waals surface area contributed by atoms with Gasteiger partial charge in [-0.2, -0.15) is 0 Å². The molecule has 0 aliphatic carbocycles. The fourth-order valence-corrected chi connectivity index (χ4v) is 1.70. The molecule has 2 aromatic rings. The highest BCUT2D eigenvalue weighted by Gasteiger charge is 2.13. The van der Waals surface area contributed by atoms with Gasteiger partial charge in [-0.3, -0.25) is 4.79 Å². The number of nitrogens with zero attached hydrogens (tertiary/aromatic N) is 3. The van der Waals surface area contributed by atoms with Crippen molar-refractivity contribution >= 4 is 17.5 Å². The van der Waals surface area contributed by atoms with Crippen LogP contribution in [0.25, 0.3) is 5.69 Å². The van der Waals surface area contributed by atoms with E-state index in [1.165, 1.54) is 4.68 Å². The van der Waals surface area contributed by atoms with Crippen LogP contribution in [0.2, 0.25) is 5.02 Å². The molecule has 0 aliphatic heterocycles. The van der Waals surface area contributed by atoms with Gasteiger partial charge in [0.05, 0.1) is 11.9 Å². The Hall–Kier alpha value is -1.88. The molecule has 1 atom stereocenters. The highest BCUT2D eigenvalue weighted by Crippen LogP contribution is 2.13. The van der Waals surface area contributed by atoms with Gasteiger partial charge < -0.3 is 5.32 Å². The van der Waals surface area contributed by atoms with Gasteiger partial charge in [0, 0.05) is 11.1 Å². The van der Waals surface area contributed by atoms with Crippen LogP contribution in [0.3, 0.4) is 0 Å². The first-order chi connectivity index (χ1) is 9.10. The number of hydrogen-bond donors (Lipinski definition) is 1. The molecular formula is C13H15ClN4O. The van der Waals surface area contributed by atoms with Crippen LogP contribution in [0.15, 0.2) is 30.5 Å². The number of benzene rings is 1. The van der Waals surface area contributed by atoms with Crippen molar-refractivity contribution in [2.45, 2.75) is 26.3 Å². The monoisotopic (exact) mass is 278 g/mol. The fraction of sp³-hybridized carbons (Fsp3) is 0.308. The van der Waals surface area contributed by atoms with Crippen molar-refractivity contribution in [3.63, 3.8) is 0 Å². The predicted molar refractivity (Wildman–Crippen MR) is 73.6 cm³/mol. The molecule has 1 N–H and O–H groups in total. The Bertz CT molecular complexity index is 582. The van der Waals surface area contributed by atoms with Crippen LogP contribution in [-0.2, 0) is 0 Å². The van der Waals surface area contributed by atoms with Crippen molar-refractivity contribution in [2.24, 2.45) is 0 Å². The van der Waals surface area contributed by atoms with Crippen LogP contribution in [-0.4, -0.2) is 26.9 Å². The van der Waals surface area contributed by atoms with Crippen molar-refractivity contribution < 1.29 is 4.79 Å². The molecule has 0 saturated carbocycles. The normalized spacial score (nSPS) is 12.2. The summed E-state index contributed by atoms with van der Waals surface area (Å²) in [5, 5.41) is 11.2. The first-order valence-corrected chi connectivity index (χ1v) is 6.47. The van der Waals surface area contributed by atoms with Crippen molar-refractivity contribution in [1.29, 1.82) is 0 Å². The summed E-state index contributed by atoms with van der Waals surface area (Å²) in [6.07, 6.45) is 2.46. The molecule has 1 aromatic heterocycles. The molecular weight excluding hydrogens is 264 g/mol. The number of hydrogen-bond acceptors (Lipinski definition) is 3. The molecule has 1 amide bonds. The van der Waals surface area contributed by atoms with Crippen molar-refractivity contribution in [2.75, 3.05) is 0 Å². The zero-order chi connectivity index (χ0) is 13.8. The highest BCUT2D eigenvalue weighted by atomic mass is 35.5. The molecule has 5 nitrogen and oxygen atoms in total. The van der Waals surface area contributed by atoms with Crippen molar-refractivity contribution in [3.05, 3.63) is 41.2 Å². The number of rotatable bonds is 4. The Labute approximate surface area is 116 Å². The maximum Gasteiger partial charge on any atom is 0.273 e. The summed E-state index contributed by atoms with van der Waals surface area (Å²) >= 11 is 5.91. The van der Waals surface area contributed by atoms with E-state index >= 15 is 0 Å². The van der Waals surface area contributed by atoms with E-state index < -0.39 is 0 Å². The number of aromatic nitrogens is 3. The minimum atomic E-state index is -0.220. The van der Waals surface area contributed by atoms with Crippen LogP contribution in [0.1, 0.15) is 30.8 Å². The van der Waals surface area contributed by atoms with E-state index in [0.29, 0.717) is 10.7 Å². The lowest BCUT2D eigenvalue weighted by molar-refractivity contribution is 0.0934. The largest absolute Gasteiger partial charge is 0.348 e. The predicted octanol–water partition coefficient (Wildman–Crippen LogP) is 2.45. The molecule has 0 spiro atoms. The van der Waals surface area contributed by atoms with Crippen LogP contribution in [0.5, 0.6) is 0 Å². The van der Waals surface area contributed by atoms with E-state index in [9.17, 15) is 4.79 Å². The average molecular weight is 279 g/mol. The standard InChI is InChI=1S/C13H15ClN4O/c1-3-9(2)15-13(19)12-8-18(17-16-12)11-6-4-5-10(14)7-11/h4-9H,3H2,1-2H3,(H,15,19). The topological polar surface area (TPSA) is 59.8 Å². The van der Waals surface area contributed by atoms with Crippen LogP contribution >= 0.6 is 11.6 Å². The number of amides is 1. The second-order valence-corrected chi connectivity index (χ2v) is 4.75. The highest BCUT2D eigenvalue weighted by molar-refractivity contribution is 6.30. The summed E-state index contributed by atoms with van der Waals surface area (Å²) in [4.78, 5) is 11.9. The Morgan fingerprint density at radius 3 is 3.00 bits per heavy atom. The summed E-state index contributed by atoms with van der Waals surface area (Å²) in [6, 6.07) is 7.31. The lowest BCUT2D eigenvalue weighted by atomic mass is 10.2. The van der Waals surface area contributed by atoms with Gasteiger partial charge >= 0.3 is 0 Å². The van der Waals surface area contributed by atoms with Gasteiger partial charge in [-0.15, -0.1) is 5.10 Å². The van der Waals surface area contributed by atoms with E-state index in [1.54, 1.807) is 18.3 Å². The van der Waals surface area contributed by atoms with E-state index in [0.717, 1.165) is 12.1 Å². The van der Waals surface area contributed by atoms with E-state index in [1.807, 2.05) is 26.0 Å².